The quantitative estimate of drug-likeness (QED) is 0.773. The summed E-state index contributed by atoms with van der Waals surface area (Å²) in [5.41, 5.74) is 1.16. The van der Waals surface area contributed by atoms with Crippen LogP contribution in [0.3, 0.4) is 0 Å². The van der Waals surface area contributed by atoms with Gasteiger partial charge in [0.25, 0.3) is 0 Å². The highest BCUT2D eigenvalue weighted by Gasteiger charge is 2.13. The Labute approximate surface area is 109 Å². The molecule has 0 aliphatic carbocycles. The first-order valence-electron chi connectivity index (χ1n) is 6.09. The summed E-state index contributed by atoms with van der Waals surface area (Å²) >= 11 is 0. The third kappa shape index (κ3) is 4.08. The van der Waals surface area contributed by atoms with Crippen LogP contribution < -0.4 is 4.72 Å². The van der Waals surface area contributed by atoms with Crippen LogP contribution in [0.25, 0.3) is 0 Å². The third-order valence-corrected chi connectivity index (χ3v) is 4.45. The fourth-order valence-electron chi connectivity index (χ4n) is 1.57. The summed E-state index contributed by atoms with van der Waals surface area (Å²) in [6, 6.07) is 7.05. The lowest BCUT2D eigenvalue weighted by Gasteiger charge is -2.10. The van der Waals surface area contributed by atoms with E-state index in [1.807, 2.05) is 12.1 Å². The summed E-state index contributed by atoms with van der Waals surface area (Å²) in [6.45, 7) is 4.89. The maximum absolute atomic E-state index is 11.9. The van der Waals surface area contributed by atoms with Crippen molar-refractivity contribution < 1.29 is 13.2 Å². The minimum atomic E-state index is -3.41. The molecule has 0 spiro atoms. The molecular weight excluding hydrogens is 250 g/mol. The molecule has 1 aromatic rings. The number of sulfonamides is 1. The van der Waals surface area contributed by atoms with Crippen LogP contribution in [0, 0.1) is 0 Å². The van der Waals surface area contributed by atoms with Gasteiger partial charge in [0.1, 0.15) is 0 Å². The number of rotatable bonds is 7. The smallest absolute Gasteiger partial charge is 0.240 e. The maximum atomic E-state index is 11.9. The molecule has 102 valence electrons. The number of nitrogens with one attached hydrogen (secondary N) is 1. The summed E-state index contributed by atoms with van der Waals surface area (Å²) in [7, 11) is -1.87. The minimum Gasteiger partial charge on any atom is -0.383 e. The van der Waals surface area contributed by atoms with Gasteiger partial charge in [0, 0.05) is 13.7 Å². The van der Waals surface area contributed by atoms with Gasteiger partial charge in [-0.2, -0.15) is 0 Å². The molecule has 0 heterocycles. The number of ether oxygens (including phenoxy) is 1. The fraction of sp³-hybridized carbons (Fsp3) is 0.538. The molecule has 1 rings (SSSR count). The van der Waals surface area contributed by atoms with E-state index in [4.69, 9.17) is 4.74 Å². The molecule has 0 saturated heterocycles. The van der Waals surface area contributed by atoms with Gasteiger partial charge in [-0.25, -0.2) is 13.1 Å². The molecule has 1 atom stereocenters. The second-order valence-corrected chi connectivity index (χ2v) is 6.04. The van der Waals surface area contributed by atoms with Crippen LogP contribution in [-0.4, -0.2) is 28.7 Å². The van der Waals surface area contributed by atoms with Crippen molar-refractivity contribution in [1.29, 1.82) is 0 Å². The van der Waals surface area contributed by atoms with Gasteiger partial charge < -0.3 is 4.74 Å². The molecule has 1 aromatic carbocycles. The van der Waals surface area contributed by atoms with E-state index >= 15 is 0 Å². The van der Waals surface area contributed by atoms with Gasteiger partial charge in [-0.05, 0) is 30.0 Å². The van der Waals surface area contributed by atoms with Gasteiger partial charge >= 0.3 is 0 Å². The van der Waals surface area contributed by atoms with Gasteiger partial charge in [0.05, 0.1) is 11.5 Å². The van der Waals surface area contributed by atoms with Gasteiger partial charge in [-0.15, -0.1) is 0 Å². The van der Waals surface area contributed by atoms with Gasteiger partial charge in [0.15, 0.2) is 0 Å². The van der Waals surface area contributed by atoms with E-state index in [-0.39, 0.29) is 6.54 Å². The van der Waals surface area contributed by atoms with Crippen molar-refractivity contribution in [2.24, 2.45) is 0 Å². The molecule has 1 N–H and O–H groups in total. The molecule has 0 fully saturated rings. The first-order chi connectivity index (χ1) is 8.51. The van der Waals surface area contributed by atoms with Gasteiger partial charge in [0.2, 0.25) is 10.0 Å². The molecular formula is C13H21NO3S. The third-order valence-electron chi connectivity index (χ3n) is 2.97. The van der Waals surface area contributed by atoms with Crippen molar-refractivity contribution in [1.82, 2.24) is 4.72 Å². The molecule has 5 heteroatoms. The van der Waals surface area contributed by atoms with Gasteiger partial charge in [-0.3, -0.25) is 0 Å². The van der Waals surface area contributed by atoms with Crippen LogP contribution in [0.4, 0.5) is 0 Å². The van der Waals surface area contributed by atoms with Crippen LogP contribution in [-0.2, 0) is 14.8 Å². The predicted molar refractivity (Wildman–Crippen MR) is 72.2 cm³/mol. The summed E-state index contributed by atoms with van der Waals surface area (Å²) < 4.78 is 31.1. The zero-order valence-corrected chi connectivity index (χ0v) is 12.0. The Kier molecular flexibility index (Phi) is 5.78. The topological polar surface area (TPSA) is 55.4 Å². The van der Waals surface area contributed by atoms with E-state index in [0.717, 1.165) is 12.0 Å². The average molecular weight is 271 g/mol. The first kappa shape index (κ1) is 15.1. The molecule has 0 amide bonds. The Morgan fingerprint density at radius 1 is 1.28 bits per heavy atom. The molecule has 0 aliphatic rings. The van der Waals surface area contributed by atoms with Crippen molar-refractivity contribution in [2.45, 2.75) is 31.1 Å². The molecule has 0 radical (unpaired) electrons. The maximum Gasteiger partial charge on any atom is 0.240 e. The summed E-state index contributed by atoms with van der Waals surface area (Å²) in [4.78, 5) is 0.297. The second-order valence-electron chi connectivity index (χ2n) is 4.27. The molecule has 0 aromatic heterocycles. The average Bonchev–Trinajstić information content (AvgIpc) is 2.38. The number of hydrogen-bond acceptors (Lipinski definition) is 3. The Morgan fingerprint density at radius 2 is 1.89 bits per heavy atom. The highest BCUT2D eigenvalue weighted by molar-refractivity contribution is 7.89. The normalized spacial score (nSPS) is 13.5. The molecule has 0 saturated carbocycles. The monoisotopic (exact) mass is 271 g/mol. The van der Waals surface area contributed by atoms with Crippen LogP contribution in [0.1, 0.15) is 31.7 Å². The van der Waals surface area contributed by atoms with Crippen molar-refractivity contribution in [3.05, 3.63) is 29.8 Å². The van der Waals surface area contributed by atoms with E-state index in [2.05, 4.69) is 18.6 Å². The molecule has 18 heavy (non-hydrogen) atoms. The van der Waals surface area contributed by atoms with Crippen molar-refractivity contribution in [3.63, 3.8) is 0 Å². The molecule has 0 aliphatic heterocycles. The van der Waals surface area contributed by atoms with E-state index in [0.29, 0.717) is 17.4 Å². The van der Waals surface area contributed by atoms with Crippen molar-refractivity contribution in [2.75, 3.05) is 20.3 Å². The molecule has 0 bridgehead atoms. The van der Waals surface area contributed by atoms with Gasteiger partial charge in [-0.1, -0.05) is 26.0 Å². The Balaban J connectivity index is 2.78. The highest BCUT2D eigenvalue weighted by atomic mass is 32.2. The van der Waals surface area contributed by atoms with Crippen LogP contribution >= 0.6 is 0 Å². The zero-order chi connectivity index (χ0) is 13.6. The predicted octanol–water partition coefficient (Wildman–Crippen LogP) is 2.12. The Hall–Kier alpha value is -0.910. The molecule has 0 unspecified atom stereocenters. The van der Waals surface area contributed by atoms with Crippen LogP contribution in [0.5, 0.6) is 0 Å². The number of methoxy groups -OCH3 is 1. The van der Waals surface area contributed by atoms with Crippen molar-refractivity contribution in [3.8, 4) is 0 Å². The van der Waals surface area contributed by atoms with E-state index < -0.39 is 10.0 Å². The van der Waals surface area contributed by atoms with Crippen LogP contribution in [0.15, 0.2) is 29.2 Å². The number of hydrogen-bond donors (Lipinski definition) is 1. The lowest BCUT2D eigenvalue weighted by Crippen LogP contribution is -2.27. The minimum absolute atomic E-state index is 0.284. The Bertz CT molecular complexity index is 454. The van der Waals surface area contributed by atoms with Crippen LogP contribution in [0.2, 0.25) is 0 Å². The summed E-state index contributed by atoms with van der Waals surface area (Å²) in [5.74, 6) is 0.447. The largest absolute Gasteiger partial charge is 0.383 e. The number of benzene rings is 1. The highest BCUT2D eigenvalue weighted by Crippen LogP contribution is 2.20. The van der Waals surface area contributed by atoms with E-state index in [9.17, 15) is 8.42 Å². The van der Waals surface area contributed by atoms with E-state index in [1.165, 1.54) is 7.11 Å². The SMILES string of the molecule is CC[C@H](C)c1ccc(S(=O)(=O)NCCOC)cc1. The first-order valence-corrected chi connectivity index (χ1v) is 7.58. The second kappa shape index (κ2) is 6.87. The lowest BCUT2D eigenvalue weighted by atomic mass is 9.99. The lowest BCUT2D eigenvalue weighted by molar-refractivity contribution is 0.204. The fourth-order valence-corrected chi connectivity index (χ4v) is 2.59. The Morgan fingerprint density at radius 3 is 2.39 bits per heavy atom. The summed E-state index contributed by atoms with van der Waals surface area (Å²) in [6.07, 6.45) is 1.04. The standard InChI is InChI=1S/C13H21NO3S/c1-4-11(2)12-5-7-13(8-6-12)18(15,16)14-9-10-17-3/h5-8,11,14H,4,9-10H2,1-3H3/t11-/m0/s1. The summed E-state index contributed by atoms with van der Waals surface area (Å²) in [5, 5.41) is 0. The zero-order valence-electron chi connectivity index (χ0n) is 11.1. The molecule has 4 nitrogen and oxygen atoms in total. The van der Waals surface area contributed by atoms with E-state index in [1.54, 1.807) is 12.1 Å². The van der Waals surface area contributed by atoms with Crippen molar-refractivity contribution >= 4 is 10.0 Å².